The standard InChI is InChI=1S/C12H8F4N2O2S/c13-8-4-2-1-3-6(8)5-7(10(19)20)9-17-11(18-21-9)12(14,15)16/h1-4,7H,5H2,(H,19,20). The molecule has 4 nitrogen and oxygen atoms in total. The van der Waals surface area contributed by atoms with Crippen molar-refractivity contribution in [1.29, 1.82) is 0 Å². The largest absolute Gasteiger partial charge is 0.481 e. The molecule has 0 aliphatic rings. The van der Waals surface area contributed by atoms with Gasteiger partial charge in [-0.05, 0) is 29.6 Å². The number of benzene rings is 1. The SMILES string of the molecule is O=C(O)C(Cc1ccccc1F)c1nc(C(F)(F)F)ns1. The van der Waals surface area contributed by atoms with Crippen molar-refractivity contribution >= 4 is 17.5 Å². The van der Waals surface area contributed by atoms with Crippen LogP contribution in [0, 0.1) is 5.82 Å². The minimum Gasteiger partial charge on any atom is -0.481 e. The Balaban J connectivity index is 2.30. The Hall–Kier alpha value is -2.03. The number of aromatic nitrogens is 2. The topological polar surface area (TPSA) is 63.1 Å². The minimum absolute atomic E-state index is 0.0914. The predicted molar refractivity (Wildman–Crippen MR) is 65.4 cm³/mol. The summed E-state index contributed by atoms with van der Waals surface area (Å²) in [5.74, 6) is -4.77. The fourth-order valence-electron chi connectivity index (χ4n) is 1.66. The maximum absolute atomic E-state index is 13.5. The van der Waals surface area contributed by atoms with Crippen LogP contribution >= 0.6 is 11.5 Å². The number of rotatable bonds is 4. The van der Waals surface area contributed by atoms with Crippen LogP contribution in [0.25, 0.3) is 0 Å². The quantitative estimate of drug-likeness (QED) is 0.879. The summed E-state index contributed by atoms with van der Waals surface area (Å²) in [4.78, 5) is 14.4. The molecule has 9 heteroatoms. The molecule has 2 rings (SSSR count). The zero-order valence-electron chi connectivity index (χ0n) is 10.3. The Kier molecular flexibility index (Phi) is 4.21. The number of carboxylic acid groups (broad SMARTS) is 1. The summed E-state index contributed by atoms with van der Waals surface area (Å²) >= 11 is 0.354. The molecular weight excluding hydrogens is 312 g/mol. The summed E-state index contributed by atoms with van der Waals surface area (Å²) < 4.78 is 53.9. The van der Waals surface area contributed by atoms with Gasteiger partial charge in [0.1, 0.15) is 16.7 Å². The lowest BCUT2D eigenvalue weighted by molar-refractivity contribution is -0.145. The normalized spacial score (nSPS) is 13.1. The van der Waals surface area contributed by atoms with Crippen molar-refractivity contribution < 1.29 is 27.5 Å². The van der Waals surface area contributed by atoms with Crippen molar-refractivity contribution in [2.24, 2.45) is 0 Å². The first-order valence-corrected chi connectivity index (χ1v) is 6.43. The predicted octanol–water partition coefficient (Wildman–Crippen LogP) is 3.11. The second kappa shape index (κ2) is 5.76. The van der Waals surface area contributed by atoms with Crippen LogP contribution in [-0.4, -0.2) is 20.4 Å². The van der Waals surface area contributed by atoms with E-state index in [4.69, 9.17) is 5.11 Å². The van der Waals surface area contributed by atoms with Gasteiger partial charge in [-0.1, -0.05) is 18.2 Å². The van der Waals surface area contributed by atoms with Gasteiger partial charge in [-0.3, -0.25) is 4.79 Å². The lowest BCUT2D eigenvalue weighted by Crippen LogP contribution is -2.16. The van der Waals surface area contributed by atoms with Gasteiger partial charge in [0.2, 0.25) is 5.82 Å². The molecule has 1 unspecified atom stereocenters. The van der Waals surface area contributed by atoms with E-state index in [0.717, 1.165) is 6.07 Å². The van der Waals surface area contributed by atoms with Gasteiger partial charge < -0.3 is 5.11 Å². The third-order valence-electron chi connectivity index (χ3n) is 2.67. The van der Waals surface area contributed by atoms with E-state index in [2.05, 4.69) is 9.36 Å². The van der Waals surface area contributed by atoms with E-state index < -0.39 is 29.7 Å². The van der Waals surface area contributed by atoms with Gasteiger partial charge in [-0.15, -0.1) is 0 Å². The van der Waals surface area contributed by atoms with E-state index in [9.17, 15) is 22.4 Å². The number of carbonyl (C=O) groups is 1. The molecule has 0 saturated carbocycles. The van der Waals surface area contributed by atoms with Gasteiger partial charge in [0.15, 0.2) is 0 Å². The smallest absolute Gasteiger partial charge is 0.452 e. The summed E-state index contributed by atoms with van der Waals surface area (Å²) in [6.07, 6.45) is -5.04. The number of halogens is 4. The van der Waals surface area contributed by atoms with Gasteiger partial charge in [0.25, 0.3) is 0 Å². The molecule has 0 aliphatic heterocycles. The van der Waals surface area contributed by atoms with Gasteiger partial charge in [-0.25, -0.2) is 9.37 Å². The summed E-state index contributed by atoms with van der Waals surface area (Å²) in [6, 6.07) is 5.46. The molecule has 2 aromatic rings. The van der Waals surface area contributed by atoms with Gasteiger partial charge >= 0.3 is 12.1 Å². The molecule has 0 bridgehead atoms. The first kappa shape index (κ1) is 15.4. The highest BCUT2D eigenvalue weighted by Crippen LogP contribution is 2.31. The molecule has 0 aliphatic carbocycles. The second-order valence-corrected chi connectivity index (χ2v) is 4.92. The monoisotopic (exact) mass is 320 g/mol. The Labute approximate surface area is 120 Å². The van der Waals surface area contributed by atoms with Crippen LogP contribution in [0.5, 0.6) is 0 Å². The Morgan fingerprint density at radius 2 is 2.00 bits per heavy atom. The molecule has 1 N–H and O–H groups in total. The molecule has 1 aromatic heterocycles. The molecule has 0 saturated heterocycles. The van der Waals surface area contributed by atoms with E-state index in [1.807, 2.05) is 0 Å². The second-order valence-electron chi connectivity index (χ2n) is 4.14. The number of carboxylic acids is 1. The lowest BCUT2D eigenvalue weighted by Gasteiger charge is -2.09. The maximum Gasteiger partial charge on any atom is 0.452 e. The summed E-state index contributed by atoms with van der Waals surface area (Å²) in [6.45, 7) is 0. The average Bonchev–Trinajstić information content (AvgIpc) is 2.86. The van der Waals surface area contributed by atoms with Crippen molar-refractivity contribution in [1.82, 2.24) is 9.36 Å². The third kappa shape index (κ3) is 3.54. The first-order valence-electron chi connectivity index (χ1n) is 5.66. The van der Waals surface area contributed by atoms with E-state index in [0.29, 0.717) is 11.5 Å². The molecule has 0 amide bonds. The molecule has 1 atom stereocenters. The summed E-state index contributed by atoms with van der Waals surface area (Å²) in [5, 5.41) is 8.82. The first-order chi connectivity index (χ1) is 9.79. The Bertz CT molecular complexity index is 657. The van der Waals surface area contributed by atoms with Crippen LogP contribution < -0.4 is 0 Å². The van der Waals surface area contributed by atoms with Crippen molar-refractivity contribution in [2.45, 2.75) is 18.5 Å². The van der Waals surface area contributed by atoms with Crippen molar-refractivity contribution in [3.05, 3.63) is 46.5 Å². The Morgan fingerprint density at radius 3 is 2.52 bits per heavy atom. The van der Waals surface area contributed by atoms with Crippen LogP contribution in [0.2, 0.25) is 0 Å². The highest BCUT2D eigenvalue weighted by molar-refractivity contribution is 7.05. The van der Waals surface area contributed by atoms with Crippen molar-refractivity contribution in [3.8, 4) is 0 Å². The van der Waals surface area contributed by atoms with Crippen LogP contribution in [-0.2, 0) is 17.4 Å². The molecule has 112 valence electrons. The van der Waals surface area contributed by atoms with Crippen LogP contribution in [0.1, 0.15) is 22.3 Å². The number of hydrogen-bond donors (Lipinski definition) is 1. The summed E-state index contributed by atoms with van der Waals surface area (Å²) in [5.41, 5.74) is 0.0914. The maximum atomic E-state index is 13.5. The third-order valence-corrected chi connectivity index (χ3v) is 3.50. The molecule has 0 radical (unpaired) electrons. The lowest BCUT2D eigenvalue weighted by atomic mass is 9.99. The molecular formula is C12H8F4N2O2S. The fraction of sp³-hybridized carbons (Fsp3) is 0.250. The van der Waals surface area contributed by atoms with Crippen LogP contribution in [0.4, 0.5) is 17.6 Å². The molecule has 0 fully saturated rings. The van der Waals surface area contributed by atoms with Gasteiger partial charge in [0, 0.05) is 0 Å². The molecule has 0 spiro atoms. The Morgan fingerprint density at radius 1 is 1.33 bits per heavy atom. The molecule has 1 heterocycles. The summed E-state index contributed by atoms with van der Waals surface area (Å²) in [7, 11) is 0. The number of alkyl halides is 3. The molecule has 21 heavy (non-hydrogen) atoms. The van der Waals surface area contributed by atoms with Gasteiger partial charge in [-0.2, -0.15) is 17.5 Å². The van der Waals surface area contributed by atoms with Crippen molar-refractivity contribution in [2.75, 3.05) is 0 Å². The zero-order chi connectivity index (χ0) is 15.6. The highest BCUT2D eigenvalue weighted by Gasteiger charge is 2.37. The van der Waals surface area contributed by atoms with E-state index in [1.165, 1.54) is 18.2 Å². The van der Waals surface area contributed by atoms with Crippen molar-refractivity contribution in [3.63, 3.8) is 0 Å². The number of nitrogens with zero attached hydrogens (tertiary/aromatic N) is 2. The highest BCUT2D eigenvalue weighted by atomic mass is 32.1. The fourth-order valence-corrected chi connectivity index (χ4v) is 2.42. The van der Waals surface area contributed by atoms with Gasteiger partial charge in [0.05, 0.1) is 0 Å². The van der Waals surface area contributed by atoms with E-state index >= 15 is 0 Å². The average molecular weight is 320 g/mol. The zero-order valence-corrected chi connectivity index (χ0v) is 11.1. The molecule has 1 aromatic carbocycles. The van der Waals surface area contributed by atoms with E-state index in [-0.39, 0.29) is 17.0 Å². The number of hydrogen-bond acceptors (Lipinski definition) is 4. The number of aliphatic carboxylic acids is 1. The van der Waals surface area contributed by atoms with Crippen LogP contribution in [0.15, 0.2) is 24.3 Å². The van der Waals surface area contributed by atoms with E-state index in [1.54, 1.807) is 0 Å². The minimum atomic E-state index is -4.74. The van der Waals surface area contributed by atoms with Crippen LogP contribution in [0.3, 0.4) is 0 Å².